The largest absolute Gasteiger partial charge is 0.378 e. The second-order valence-corrected chi connectivity index (χ2v) is 5.68. The predicted molar refractivity (Wildman–Crippen MR) is 86.3 cm³/mol. The molecular formula is C16H16ClN3O3. The van der Waals surface area contributed by atoms with Gasteiger partial charge in [0.1, 0.15) is 6.54 Å². The summed E-state index contributed by atoms with van der Waals surface area (Å²) >= 11 is 5.85. The standard InChI is InChI=1S/C16H16ClN3O3/c17-13-3-1-12(2-4-13)14-9-15(21)20(11-18-14)10-16(22)19-5-7-23-8-6-19/h1-4,9,11H,5-8,10H2. The number of nitrogens with zero attached hydrogens (tertiary/aromatic N) is 3. The van der Waals surface area contributed by atoms with Crippen molar-refractivity contribution in [3.63, 3.8) is 0 Å². The fraction of sp³-hybridized carbons (Fsp3) is 0.312. The van der Waals surface area contributed by atoms with Gasteiger partial charge in [0, 0.05) is 29.7 Å². The maximum atomic E-state index is 12.2. The van der Waals surface area contributed by atoms with Crippen LogP contribution in [0.3, 0.4) is 0 Å². The van der Waals surface area contributed by atoms with Crippen molar-refractivity contribution in [2.24, 2.45) is 0 Å². The van der Waals surface area contributed by atoms with Crippen LogP contribution in [0.2, 0.25) is 5.02 Å². The molecule has 6 nitrogen and oxygen atoms in total. The van der Waals surface area contributed by atoms with Crippen LogP contribution in [0.1, 0.15) is 0 Å². The highest BCUT2D eigenvalue weighted by atomic mass is 35.5. The first-order valence-corrected chi connectivity index (χ1v) is 7.69. The Bertz CT molecular complexity index is 752. The van der Waals surface area contributed by atoms with E-state index in [2.05, 4.69) is 4.98 Å². The molecular weight excluding hydrogens is 318 g/mol. The molecule has 2 heterocycles. The molecule has 0 spiro atoms. The Kier molecular flexibility index (Phi) is 4.73. The summed E-state index contributed by atoms with van der Waals surface area (Å²) in [6, 6.07) is 8.51. The lowest BCUT2D eigenvalue weighted by molar-refractivity contribution is -0.135. The van der Waals surface area contributed by atoms with Gasteiger partial charge in [-0.25, -0.2) is 4.98 Å². The van der Waals surface area contributed by atoms with Crippen LogP contribution in [0.4, 0.5) is 0 Å². The molecule has 23 heavy (non-hydrogen) atoms. The number of morpholine rings is 1. The van der Waals surface area contributed by atoms with E-state index < -0.39 is 0 Å². The van der Waals surface area contributed by atoms with Gasteiger partial charge in [0.05, 0.1) is 25.2 Å². The van der Waals surface area contributed by atoms with Gasteiger partial charge in [-0.1, -0.05) is 23.7 Å². The van der Waals surface area contributed by atoms with Crippen LogP contribution in [0.5, 0.6) is 0 Å². The minimum Gasteiger partial charge on any atom is -0.378 e. The predicted octanol–water partition coefficient (Wildman–Crippen LogP) is 1.42. The molecule has 1 aromatic heterocycles. The second-order valence-electron chi connectivity index (χ2n) is 5.24. The summed E-state index contributed by atoms with van der Waals surface area (Å²) in [7, 11) is 0. The quantitative estimate of drug-likeness (QED) is 0.852. The third kappa shape index (κ3) is 3.78. The number of halogens is 1. The van der Waals surface area contributed by atoms with Gasteiger partial charge in [-0.3, -0.25) is 14.2 Å². The number of carbonyl (C=O) groups excluding carboxylic acids is 1. The van der Waals surface area contributed by atoms with Crippen LogP contribution < -0.4 is 5.56 Å². The summed E-state index contributed by atoms with van der Waals surface area (Å²) in [4.78, 5) is 30.3. The van der Waals surface area contributed by atoms with Crippen LogP contribution in [-0.4, -0.2) is 46.7 Å². The van der Waals surface area contributed by atoms with Crippen molar-refractivity contribution in [3.8, 4) is 11.3 Å². The molecule has 0 radical (unpaired) electrons. The summed E-state index contributed by atoms with van der Waals surface area (Å²) in [6.45, 7) is 2.18. The minimum atomic E-state index is -0.258. The first-order valence-electron chi connectivity index (χ1n) is 7.31. The van der Waals surface area contributed by atoms with Crippen LogP contribution in [0, 0.1) is 0 Å². The average Bonchev–Trinajstić information content (AvgIpc) is 2.58. The first kappa shape index (κ1) is 15.7. The van der Waals surface area contributed by atoms with Crippen molar-refractivity contribution in [3.05, 3.63) is 52.0 Å². The molecule has 1 aliphatic heterocycles. The maximum absolute atomic E-state index is 12.2. The molecule has 1 aliphatic rings. The van der Waals surface area contributed by atoms with Gasteiger partial charge >= 0.3 is 0 Å². The lowest BCUT2D eigenvalue weighted by Crippen LogP contribution is -2.43. The fourth-order valence-corrected chi connectivity index (χ4v) is 2.51. The van der Waals surface area contributed by atoms with Crippen molar-refractivity contribution in [2.45, 2.75) is 6.54 Å². The summed E-state index contributed by atoms with van der Waals surface area (Å²) in [5, 5.41) is 0.623. The highest BCUT2D eigenvalue weighted by Crippen LogP contribution is 2.17. The molecule has 120 valence electrons. The summed E-state index contributed by atoms with van der Waals surface area (Å²) in [5.74, 6) is -0.101. The monoisotopic (exact) mass is 333 g/mol. The number of hydrogen-bond donors (Lipinski definition) is 0. The molecule has 0 aliphatic carbocycles. The molecule has 0 bridgehead atoms. The highest BCUT2D eigenvalue weighted by Gasteiger charge is 2.17. The Morgan fingerprint density at radius 2 is 1.91 bits per heavy atom. The summed E-state index contributed by atoms with van der Waals surface area (Å²) in [5.41, 5.74) is 1.10. The Labute approximate surface area is 138 Å². The van der Waals surface area contributed by atoms with Gasteiger partial charge in [0.2, 0.25) is 5.91 Å². The number of amides is 1. The minimum absolute atomic E-state index is 0.00721. The molecule has 1 aromatic carbocycles. The van der Waals surface area contributed by atoms with E-state index in [0.29, 0.717) is 37.0 Å². The van der Waals surface area contributed by atoms with E-state index >= 15 is 0 Å². The van der Waals surface area contributed by atoms with Crippen molar-refractivity contribution < 1.29 is 9.53 Å². The number of aromatic nitrogens is 2. The van der Waals surface area contributed by atoms with Gasteiger partial charge in [0.15, 0.2) is 0 Å². The molecule has 0 saturated carbocycles. The van der Waals surface area contributed by atoms with Gasteiger partial charge in [0.25, 0.3) is 5.56 Å². The van der Waals surface area contributed by atoms with E-state index in [-0.39, 0.29) is 18.0 Å². The van der Waals surface area contributed by atoms with Crippen LogP contribution in [-0.2, 0) is 16.1 Å². The van der Waals surface area contributed by atoms with Gasteiger partial charge in [-0.05, 0) is 12.1 Å². The van der Waals surface area contributed by atoms with E-state index in [0.717, 1.165) is 5.56 Å². The third-order valence-electron chi connectivity index (χ3n) is 3.69. The first-order chi connectivity index (χ1) is 11.1. The van der Waals surface area contributed by atoms with E-state index in [9.17, 15) is 9.59 Å². The topological polar surface area (TPSA) is 64.4 Å². The molecule has 7 heteroatoms. The van der Waals surface area contributed by atoms with E-state index in [1.54, 1.807) is 29.2 Å². The number of benzene rings is 1. The normalized spacial score (nSPS) is 14.7. The highest BCUT2D eigenvalue weighted by molar-refractivity contribution is 6.30. The summed E-state index contributed by atoms with van der Waals surface area (Å²) < 4.78 is 6.53. The molecule has 1 saturated heterocycles. The molecule has 2 aromatic rings. The number of rotatable bonds is 3. The number of ether oxygens (including phenoxy) is 1. The molecule has 0 unspecified atom stereocenters. The molecule has 0 N–H and O–H groups in total. The van der Waals surface area contributed by atoms with Crippen molar-refractivity contribution in [1.82, 2.24) is 14.5 Å². The number of hydrogen-bond acceptors (Lipinski definition) is 4. The van der Waals surface area contributed by atoms with E-state index in [4.69, 9.17) is 16.3 Å². The average molecular weight is 334 g/mol. The smallest absolute Gasteiger partial charge is 0.254 e. The molecule has 0 atom stereocenters. The molecule has 3 rings (SSSR count). The lowest BCUT2D eigenvalue weighted by atomic mass is 10.1. The third-order valence-corrected chi connectivity index (χ3v) is 3.94. The zero-order chi connectivity index (χ0) is 16.2. The maximum Gasteiger partial charge on any atom is 0.254 e. The van der Waals surface area contributed by atoms with Crippen LogP contribution >= 0.6 is 11.6 Å². The van der Waals surface area contributed by atoms with Gasteiger partial charge in [-0.15, -0.1) is 0 Å². The van der Waals surface area contributed by atoms with Gasteiger partial charge < -0.3 is 9.64 Å². The zero-order valence-electron chi connectivity index (χ0n) is 12.4. The van der Waals surface area contributed by atoms with Crippen molar-refractivity contribution in [1.29, 1.82) is 0 Å². The zero-order valence-corrected chi connectivity index (χ0v) is 13.2. The molecule has 1 amide bonds. The Balaban J connectivity index is 1.75. The SMILES string of the molecule is O=C(Cn1cnc(-c2ccc(Cl)cc2)cc1=O)N1CCOCC1. The second kappa shape index (κ2) is 6.93. The fourth-order valence-electron chi connectivity index (χ4n) is 2.38. The Morgan fingerprint density at radius 3 is 2.57 bits per heavy atom. The van der Waals surface area contributed by atoms with Gasteiger partial charge in [-0.2, -0.15) is 0 Å². The van der Waals surface area contributed by atoms with Crippen LogP contribution in [0.25, 0.3) is 11.3 Å². The van der Waals surface area contributed by atoms with Crippen molar-refractivity contribution >= 4 is 17.5 Å². The summed E-state index contributed by atoms with van der Waals surface area (Å²) in [6.07, 6.45) is 1.41. The van der Waals surface area contributed by atoms with E-state index in [1.165, 1.54) is 17.0 Å². The van der Waals surface area contributed by atoms with Crippen LogP contribution in [0.15, 0.2) is 41.5 Å². The van der Waals surface area contributed by atoms with E-state index in [1.807, 2.05) is 0 Å². The van der Waals surface area contributed by atoms with Crippen molar-refractivity contribution in [2.75, 3.05) is 26.3 Å². The molecule has 1 fully saturated rings. The Hall–Kier alpha value is -2.18. The lowest BCUT2D eigenvalue weighted by Gasteiger charge is -2.26. The number of carbonyl (C=O) groups is 1. The Morgan fingerprint density at radius 1 is 1.22 bits per heavy atom.